The summed E-state index contributed by atoms with van der Waals surface area (Å²) in [5.74, 6) is 0.908. The highest BCUT2D eigenvalue weighted by Crippen LogP contribution is 2.17. The van der Waals surface area contributed by atoms with Crippen LogP contribution in [-0.2, 0) is 24.1 Å². The Balaban J connectivity index is 1.37. The fourth-order valence-corrected chi connectivity index (χ4v) is 3.75. The number of hydrogen-bond acceptors (Lipinski definition) is 4. The Morgan fingerprint density at radius 1 is 1.04 bits per heavy atom. The van der Waals surface area contributed by atoms with Crippen LogP contribution in [0, 0.1) is 0 Å². The Morgan fingerprint density at radius 3 is 2.56 bits per heavy atom. The molecule has 0 unspecified atom stereocenters. The van der Waals surface area contributed by atoms with Gasteiger partial charge in [0.25, 0.3) is 0 Å². The molecule has 0 aliphatic carbocycles. The van der Waals surface area contributed by atoms with E-state index in [9.17, 15) is 4.79 Å². The van der Waals surface area contributed by atoms with Crippen molar-refractivity contribution >= 4 is 17.2 Å². The highest BCUT2D eigenvalue weighted by atomic mass is 32.1. The molecule has 0 aliphatic heterocycles. The summed E-state index contributed by atoms with van der Waals surface area (Å²) in [6.07, 6.45) is 4.84. The maximum Gasteiger partial charge on any atom is 0.220 e. The van der Waals surface area contributed by atoms with Gasteiger partial charge >= 0.3 is 0 Å². The van der Waals surface area contributed by atoms with Crippen LogP contribution in [0.4, 0.5) is 0 Å². The van der Waals surface area contributed by atoms with E-state index in [1.165, 1.54) is 10.4 Å². The van der Waals surface area contributed by atoms with Gasteiger partial charge < -0.3 is 10.1 Å². The van der Waals surface area contributed by atoms with Crippen molar-refractivity contribution < 1.29 is 9.53 Å². The zero-order valence-electron chi connectivity index (χ0n) is 15.5. The lowest BCUT2D eigenvalue weighted by molar-refractivity contribution is -0.121. The van der Waals surface area contributed by atoms with Gasteiger partial charge in [0, 0.05) is 36.9 Å². The average Bonchev–Trinajstić information content (AvgIpc) is 3.14. The van der Waals surface area contributed by atoms with Gasteiger partial charge in [-0.2, -0.15) is 0 Å². The Hall–Kier alpha value is -2.66. The average molecular weight is 381 g/mol. The van der Waals surface area contributed by atoms with Crippen molar-refractivity contribution in [2.45, 2.75) is 25.7 Å². The molecule has 1 aromatic heterocycles. The highest BCUT2D eigenvalue weighted by Gasteiger charge is 2.06. The zero-order valence-corrected chi connectivity index (χ0v) is 16.3. The summed E-state index contributed by atoms with van der Waals surface area (Å²) in [6, 6.07) is 18.2. The lowest BCUT2D eigenvalue weighted by Gasteiger charge is -2.05. The first-order valence-corrected chi connectivity index (χ1v) is 9.92. The van der Waals surface area contributed by atoms with Gasteiger partial charge in [0.05, 0.1) is 12.1 Å². The zero-order chi connectivity index (χ0) is 18.9. The van der Waals surface area contributed by atoms with Crippen molar-refractivity contribution in [3.63, 3.8) is 0 Å². The van der Waals surface area contributed by atoms with Crippen LogP contribution in [-0.4, -0.2) is 24.5 Å². The van der Waals surface area contributed by atoms with Crippen molar-refractivity contribution in [2.24, 2.45) is 0 Å². The van der Waals surface area contributed by atoms with Gasteiger partial charge in [-0.1, -0.05) is 42.5 Å². The van der Waals surface area contributed by atoms with Crippen molar-refractivity contribution in [1.29, 1.82) is 0 Å². The molecule has 0 bridgehead atoms. The van der Waals surface area contributed by atoms with E-state index >= 15 is 0 Å². The van der Waals surface area contributed by atoms with Crippen LogP contribution in [0.5, 0.6) is 5.75 Å². The number of rotatable bonds is 9. The number of aryl methyl sites for hydroxylation is 1. The molecule has 0 atom stereocenters. The molecule has 0 aliphatic rings. The molecule has 0 saturated heterocycles. The second kappa shape index (κ2) is 9.88. The number of nitrogens with zero attached hydrogens (tertiary/aromatic N) is 1. The lowest BCUT2D eigenvalue weighted by atomic mass is 10.1. The maximum atomic E-state index is 12.0. The van der Waals surface area contributed by atoms with Gasteiger partial charge in [0.2, 0.25) is 5.91 Å². The molecule has 0 radical (unpaired) electrons. The summed E-state index contributed by atoms with van der Waals surface area (Å²) >= 11 is 1.72. The molecule has 140 valence electrons. The van der Waals surface area contributed by atoms with Crippen LogP contribution >= 0.6 is 11.3 Å². The molecule has 3 rings (SSSR count). The van der Waals surface area contributed by atoms with Crippen LogP contribution in [0.2, 0.25) is 0 Å². The van der Waals surface area contributed by atoms with E-state index in [-0.39, 0.29) is 5.91 Å². The van der Waals surface area contributed by atoms with Gasteiger partial charge in [-0.3, -0.25) is 4.79 Å². The first-order chi connectivity index (χ1) is 13.2. The monoisotopic (exact) mass is 380 g/mol. The fraction of sp³-hybridized carbons (Fsp3) is 0.273. The predicted octanol–water partition coefficient (Wildman–Crippen LogP) is 4.03. The van der Waals surface area contributed by atoms with Gasteiger partial charge in [-0.05, 0) is 29.7 Å². The van der Waals surface area contributed by atoms with E-state index in [0.717, 1.165) is 35.6 Å². The lowest BCUT2D eigenvalue weighted by Crippen LogP contribution is -2.25. The van der Waals surface area contributed by atoms with E-state index in [2.05, 4.69) is 34.6 Å². The summed E-state index contributed by atoms with van der Waals surface area (Å²) in [5.41, 5.74) is 2.43. The number of thiazole rings is 1. The molecule has 4 nitrogen and oxygen atoms in total. The van der Waals surface area contributed by atoms with Gasteiger partial charge in [0.1, 0.15) is 5.75 Å². The minimum Gasteiger partial charge on any atom is -0.497 e. The van der Waals surface area contributed by atoms with E-state index < -0.39 is 0 Å². The van der Waals surface area contributed by atoms with Crippen LogP contribution < -0.4 is 10.1 Å². The summed E-state index contributed by atoms with van der Waals surface area (Å²) < 4.78 is 5.14. The first kappa shape index (κ1) is 19.1. The number of methoxy groups -OCH3 is 1. The molecular weight excluding hydrogens is 356 g/mol. The molecule has 1 amide bonds. The van der Waals surface area contributed by atoms with Crippen LogP contribution in [0.1, 0.15) is 27.4 Å². The largest absolute Gasteiger partial charge is 0.497 e. The minimum atomic E-state index is 0.0758. The molecule has 2 aromatic carbocycles. The first-order valence-electron chi connectivity index (χ1n) is 9.10. The predicted molar refractivity (Wildman–Crippen MR) is 109 cm³/mol. The van der Waals surface area contributed by atoms with Gasteiger partial charge in [0.15, 0.2) is 0 Å². The molecular formula is C22H24N2O2S. The second-order valence-electron chi connectivity index (χ2n) is 6.33. The number of hydrogen-bond donors (Lipinski definition) is 1. The van der Waals surface area contributed by atoms with Crippen LogP contribution in [0.15, 0.2) is 60.8 Å². The smallest absolute Gasteiger partial charge is 0.220 e. The normalized spacial score (nSPS) is 10.6. The van der Waals surface area contributed by atoms with Gasteiger partial charge in [-0.15, -0.1) is 11.3 Å². The third-order valence-corrected chi connectivity index (χ3v) is 5.34. The summed E-state index contributed by atoms with van der Waals surface area (Å²) in [4.78, 5) is 17.7. The SMILES string of the molecule is COc1ccc(CCC(=O)NCCc2ncc(Cc3ccccc3)s2)cc1. The summed E-state index contributed by atoms with van der Waals surface area (Å²) in [6.45, 7) is 0.625. The van der Waals surface area contributed by atoms with Crippen molar-refractivity contribution in [3.05, 3.63) is 81.8 Å². The molecule has 0 fully saturated rings. The topological polar surface area (TPSA) is 51.2 Å². The molecule has 5 heteroatoms. The molecule has 1 heterocycles. The standard InChI is InChI=1S/C22H24N2O2S/c1-26-19-10-7-17(8-11-19)9-12-21(25)23-14-13-22-24-16-20(27-22)15-18-5-3-2-4-6-18/h2-8,10-11,16H,9,12-15H2,1H3,(H,23,25). The number of amides is 1. The third kappa shape index (κ3) is 6.22. The summed E-state index contributed by atoms with van der Waals surface area (Å²) in [5, 5.41) is 4.05. The number of benzene rings is 2. The molecule has 27 heavy (non-hydrogen) atoms. The molecule has 0 saturated carbocycles. The van der Waals surface area contributed by atoms with Crippen molar-refractivity contribution in [1.82, 2.24) is 10.3 Å². The van der Waals surface area contributed by atoms with Gasteiger partial charge in [-0.25, -0.2) is 4.98 Å². The minimum absolute atomic E-state index is 0.0758. The Morgan fingerprint density at radius 2 is 1.81 bits per heavy atom. The maximum absolute atomic E-state index is 12.0. The van der Waals surface area contributed by atoms with E-state index in [1.807, 2.05) is 36.5 Å². The molecule has 1 N–H and O–H groups in total. The van der Waals surface area contributed by atoms with Crippen LogP contribution in [0.3, 0.4) is 0 Å². The summed E-state index contributed by atoms with van der Waals surface area (Å²) in [7, 11) is 1.65. The van der Waals surface area contributed by atoms with Crippen molar-refractivity contribution in [3.8, 4) is 5.75 Å². The van der Waals surface area contributed by atoms with E-state index in [4.69, 9.17) is 4.74 Å². The number of nitrogens with one attached hydrogen (secondary N) is 1. The van der Waals surface area contributed by atoms with E-state index in [1.54, 1.807) is 18.4 Å². The highest BCUT2D eigenvalue weighted by molar-refractivity contribution is 7.11. The number of aromatic nitrogens is 1. The Bertz CT molecular complexity index is 844. The fourth-order valence-electron chi connectivity index (χ4n) is 2.79. The second-order valence-corrected chi connectivity index (χ2v) is 7.53. The molecule has 0 spiro atoms. The van der Waals surface area contributed by atoms with E-state index in [0.29, 0.717) is 13.0 Å². The number of ether oxygens (including phenoxy) is 1. The Kier molecular flexibility index (Phi) is 6.99. The number of carbonyl (C=O) groups excluding carboxylic acids is 1. The van der Waals surface area contributed by atoms with Crippen LogP contribution in [0.25, 0.3) is 0 Å². The number of carbonyl (C=O) groups is 1. The Labute approximate surface area is 164 Å². The molecule has 3 aromatic rings. The third-order valence-electron chi connectivity index (χ3n) is 4.28. The van der Waals surface area contributed by atoms with Crippen molar-refractivity contribution in [2.75, 3.05) is 13.7 Å². The quantitative estimate of drug-likeness (QED) is 0.610.